The van der Waals surface area contributed by atoms with Crippen molar-refractivity contribution in [1.29, 1.82) is 0 Å². The molecule has 11 aliphatic rings. The summed E-state index contributed by atoms with van der Waals surface area (Å²) in [6, 6.07) is 21.1. The highest BCUT2D eigenvalue weighted by Gasteiger charge is 2.58. The fraction of sp³-hybridized carbons (Fsp3) is 0.750. The van der Waals surface area contributed by atoms with Crippen molar-refractivity contribution < 1.29 is 144 Å². The van der Waals surface area contributed by atoms with Crippen LogP contribution < -0.4 is 0 Å². The lowest BCUT2D eigenvalue weighted by Crippen LogP contribution is -2.52. The molecule has 11 fully saturated rings. The predicted molar refractivity (Wildman–Crippen MR) is 505 cm³/mol. The fourth-order valence-corrected chi connectivity index (χ4v) is 22.6. The first-order valence-electron chi connectivity index (χ1n) is 45.0. The number of aliphatic hydroxyl groups is 5. The van der Waals surface area contributed by atoms with E-state index in [1.807, 2.05) is 231 Å². The number of benzene rings is 2. The minimum atomic E-state index is -1.41. The molecular formula is C92H143Cl2N3O30S5Si. The molecule has 11 aliphatic heterocycles. The first kappa shape index (κ1) is 114. The van der Waals surface area contributed by atoms with Crippen molar-refractivity contribution in [3.8, 4) is 0 Å². The standard InChI is InChI=1S/C21H27NO5S.C19H26O6.C15H28O4S2.C14H21NO5S.C11H18O5.C6H11NSSi.C5H10O5.CH2Cl2/c1-20(2)24-13-15(25-20)16-17(27-21(3,4)26-16)18(19-22-10-11-28-19)23-12-14-8-6-5-7-9-14;1-18(2)22-12-15(23-18)17-16(24-19(3,4)25-17)14(10-20)21-11-13-8-6-5-7-9-13;1-7-20-13(21-8-2)12-11(18-15(5,6)19-12)10-9-16-14(3,4)17-10;1-13(2)17-7-8(18-13)10-11(20-14(3,4)19-10)9(16)12-15-5-6-21-12;1-10(2)13-6-8(15-10)9-7(5-12)14-11(3,4)16-9;1-9(2)5-6-7-3-4-8-6;6-2-1-10-5(9)4(8)3(2)7;2-1-3/h5-11,15-18H,12-13H2,1-4H3;5-10,14-17H,11-12H2,1-4H3;10-13H,7-9H2,1-6H3;5-6,8-11,16H,7H2,1-4H3;5,7-9H,6H2,1-4H3;3-4,9H,5H2,1-2H3;2-9H,1H2;1H2/t15?,16-,17+,18+;14-,15?,16-,17-;10?,11-,12+;8?,9-,10+,11+;7-,8?,9+;;2-,3+,4-,5-;/m11101.0./s1. The molecule has 0 aliphatic carbocycles. The van der Waals surface area contributed by atoms with Crippen LogP contribution in [-0.2, 0) is 138 Å². The Morgan fingerprint density at radius 1 is 0.444 bits per heavy atom. The number of alkyl halides is 2. The van der Waals surface area contributed by atoms with Crippen LogP contribution in [-0.4, -0.2) is 303 Å². The van der Waals surface area contributed by atoms with Gasteiger partial charge in [-0.2, -0.15) is 0 Å². The van der Waals surface area contributed by atoms with Crippen molar-refractivity contribution in [3.63, 3.8) is 0 Å². The summed E-state index contributed by atoms with van der Waals surface area (Å²) in [7, 11) is -0.415. The molecule has 0 spiro atoms. The van der Waals surface area contributed by atoms with Gasteiger partial charge in [-0.15, -0.1) is 80.7 Å². The summed E-state index contributed by atoms with van der Waals surface area (Å²) in [6.45, 7) is 49.4. The number of aldehydes is 2. The Labute approximate surface area is 815 Å². The Balaban J connectivity index is 0.000000178. The van der Waals surface area contributed by atoms with Crippen LogP contribution in [0.15, 0.2) is 95.4 Å². The average molecular weight is 2030 g/mol. The number of hydrogen-bond acceptors (Lipinski definition) is 38. The van der Waals surface area contributed by atoms with E-state index in [0.717, 1.165) is 40.2 Å². The molecule has 0 radical (unpaired) electrons. The Morgan fingerprint density at radius 3 is 1.18 bits per heavy atom. The molecule has 2 aromatic carbocycles. The quantitative estimate of drug-likeness (QED) is 0.0157. The zero-order chi connectivity index (χ0) is 97.9. The summed E-state index contributed by atoms with van der Waals surface area (Å²) in [5, 5.41) is 54.6. The second-order valence-electron chi connectivity index (χ2n) is 37.8. The van der Waals surface area contributed by atoms with Crippen molar-refractivity contribution in [2.75, 3.05) is 56.5 Å². The van der Waals surface area contributed by atoms with Gasteiger partial charge in [0.05, 0.1) is 67.8 Å². The highest BCUT2D eigenvalue weighted by Crippen LogP contribution is 2.47. The number of halogens is 2. The SMILES string of the molecule is CC1(C)OCC([C@H]2OC(C)(C)O[C@@H]2C=O)O1.CC1(C)OCC([C@H]2OC(C)(C)O[C@@H]2[C@@H](C=O)OCc2ccccc2)O1.CC1(C)OCC([C@H]2OC(C)(C)O[C@@H]2[C@H](O)c2nccs2)O1.CC1(C)OCC([C@H]2OC(C)(C)O[C@@H]2[C@H](OCc2ccccc2)c2nccs2)O1.CCSC(SCC)[C@H]1OC(C)(C)O[C@@H]1C1COC(C)(C)O1.C[SiH](C)Cc1nccs1.ClCCl.O[C@H]1[C@H](O)[C@@H](O)OC[C@@H]1O. The molecule has 3 aromatic heterocycles. The molecule has 5 unspecified atom stereocenters. The first-order chi connectivity index (χ1) is 62.3. The Kier molecular flexibility index (Phi) is 43.0. The van der Waals surface area contributed by atoms with Crippen LogP contribution in [0.2, 0.25) is 13.1 Å². The molecule has 22 atom stereocenters. The van der Waals surface area contributed by atoms with Crippen molar-refractivity contribution in [3.05, 3.63) is 122 Å². The molecule has 754 valence electrons. The maximum atomic E-state index is 11.7. The molecule has 33 nitrogen and oxygen atoms in total. The smallest absolute Gasteiger partial charge is 0.183 e. The molecule has 14 heterocycles. The van der Waals surface area contributed by atoms with E-state index in [2.05, 4.69) is 46.6 Å². The van der Waals surface area contributed by atoms with Gasteiger partial charge < -0.3 is 144 Å². The van der Waals surface area contributed by atoms with Crippen LogP contribution >= 0.6 is 80.7 Å². The summed E-state index contributed by atoms with van der Waals surface area (Å²) >= 11 is 18.1. The van der Waals surface area contributed by atoms with E-state index in [1.54, 1.807) is 48.9 Å². The number of aliphatic hydroxyl groups excluding tert-OH is 5. The molecular weight excluding hydrogens is 1890 g/mol. The zero-order valence-electron chi connectivity index (χ0n) is 80.8. The van der Waals surface area contributed by atoms with E-state index < -0.39 is 140 Å². The van der Waals surface area contributed by atoms with Crippen LogP contribution in [0.3, 0.4) is 0 Å². The monoisotopic (exact) mass is 2030 g/mol. The second-order valence-corrected chi connectivity index (χ2v) is 47.7. The molecule has 5 N–H and O–H groups in total. The highest BCUT2D eigenvalue weighted by atomic mass is 35.5. The van der Waals surface area contributed by atoms with Gasteiger partial charge in [0.25, 0.3) is 0 Å². The van der Waals surface area contributed by atoms with Gasteiger partial charge in [0.1, 0.15) is 138 Å². The molecule has 0 saturated carbocycles. The predicted octanol–water partition coefficient (Wildman–Crippen LogP) is 13.3. The van der Waals surface area contributed by atoms with E-state index in [9.17, 15) is 14.7 Å². The van der Waals surface area contributed by atoms with E-state index in [1.165, 1.54) is 22.4 Å². The van der Waals surface area contributed by atoms with Crippen LogP contribution in [0, 0.1) is 0 Å². The summed E-state index contributed by atoms with van der Waals surface area (Å²) in [5.74, 6) is -4.60. The number of ether oxygens (including phenoxy) is 23. The molecule has 16 rings (SSSR count). The number of carbonyl (C=O) groups is 2. The van der Waals surface area contributed by atoms with Crippen LogP contribution in [0.1, 0.15) is 191 Å². The van der Waals surface area contributed by atoms with E-state index in [4.69, 9.17) is 148 Å². The van der Waals surface area contributed by atoms with Crippen molar-refractivity contribution in [2.24, 2.45) is 0 Å². The molecule has 0 bridgehead atoms. The van der Waals surface area contributed by atoms with Crippen LogP contribution in [0.4, 0.5) is 0 Å². The summed E-state index contributed by atoms with van der Waals surface area (Å²) in [6.07, 6.45) is -5.11. The number of thiazole rings is 3. The number of thioether (sulfide) groups is 2. The number of hydrogen-bond donors (Lipinski definition) is 5. The number of carbonyl (C=O) groups excluding carboxylic acids is 2. The largest absolute Gasteiger partial charge is 0.388 e. The molecule has 5 aromatic rings. The molecule has 133 heavy (non-hydrogen) atoms. The van der Waals surface area contributed by atoms with Gasteiger partial charge >= 0.3 is 0 Å². The topological polar surface area (TPSA) is 386 Å². The van der Waals surface area contributed by atoms with Crippen molar-refractivity contribution in [1.82, 2.24) is 15.0 Å². The van der Waals surface area contributed by atoms with E-state index >= 15 is 0 Å². The van der Waals surface area contributed by atoms with Gasteiger partial charge in [-0.3, -0.25) is 4.98 Å². The summed E-state index contributed by atoms with van der Waals surface area (Å²) in [4.78, 5) is 35.5. The van der Waals surface area contributed by atoms with Crippen LogP contribution in [0.5, 0.6) is 0 Å². The maximum Gasteiger partial charge on any atom is 0.183 e. The van der Waals surface area contributed by atoms with Gasteiger partial charge in [-0.1, -0.05) is 87.6 Å². The summed E-state index contributed by atoms with van der Waals surface area (Å²) in [5.41, 5.74) is 2.09. The average Bonchev–Trinajstić information content (AvgIpc) is 1.61. The normalized spacial score (nSPS) is 32.9. The Bertz CT molecular complexity index is 4150. The summed E-state index contributed by atoms with van der Waals surface area (Å²) < 4.78 is 135. The van der Waals surface area contributed by atoms with Gasteiger partial charge in [0.2, 0.25) is 0 Å². The van der Waals surface area contributed by atoms with Gasteiger partial charge in [0, 0.05) is 43.5 Å². The third kappa shape index (κ3) is 35.0. The van der Waals surface area contributed by atoms with Gasteiger partial charge in [-0.25, -0.2) is 9.97 Å². The van der Waals surface area contributed by atoms with Crippen molar-refractivity contribution >= 4 is 102 Å². The Hall–Kier alpha value is -2.95. The Morgan fingerprint density at radius 2 is 0.805 bits per heavy atom. The third-order valence-corrected chi connectivity index (χ3v) is 28.1. The lowest BCUT2D eigenvalue weighted by molar-refractivity contribution is -0.252. The molecule has 11 saturated heterocycles. The van der Waals surface area contributed by atoms with Gasteiger partial charge in [-0.05, 0) is 167 Å². The number of nitrogens with zero attached hydrogens (tertiary/aromatic N) is 3. The van der Waals surface area contributed by atoms with E-state index in [0.29, 0.717) is 55.8 Å². The van der Waals surface area contributed by atoms with Crippen molar-refractivity contribution in [2.45, 2.75) is 382 Å². The van der Waals surface area contributed by atoms with E-state index in [-0.39, 0.29) is 73.0 Å². The minimum absolute atomic E-state index is 0.0254. The second kappa shape index (κ2) is 50.3. The van der Waals surface area contributed by atoms with Gasteiger partial charge in [0.15, 0.2) is 76.7 Å². The number of rotatable bonds is 25. The lowest BCUT2D eigenvalue weighted by Gasteiger charge is -2.31. The lowest BCUT2D eigenvalue weighted by atomic mass is 10.0. The maximum absolute atomic E-state index is 11.7. The zero-order valence-corrected chi connectivity index (χ0v) is 87.6. The highest BCUT2D eigenvalue weighted by molar-refractivity contribution is 8.17. The fourth-order valence-electron chi connectivity index (χ4n) is 16.0. The third-order valence-electron chi connectivity index (χ3n) is 21.4. The van der Waals surface area contributed by atoms with Crippen LogP contribution in [0.25, 0.3) is 0 Å². The minimum Gasteiger partial charge on any atom is -0.388 e. The first-order valence-corrected chi connectivity index (χ1v) is 53.9. The number of aromatic nitrogens is 3. The molecule has 41 heteroatoms. The molecule has 0 amide bonds.